The second-order valence-corrected chi connectivity index (χ2v) is 35.8. The van der Waals surface area contributed by atoms with Gasteiger partial charge in [0.05, 0.1) is 25.2 Å². The van der Waals surface area contributed by atoms with Crippen LogP contribution in [0.2, 0.25) is 0 Å². The third-order valence-electron chi connectivity index (χ3n) is 22.5. The lowest BCUT2D eigenvalue weighted by Crippen LogP contribution is -2.64. The zero-order chi connectivity index (χ0) is 103. The number of phenolic OH excluding ortho intramolecular Hbond substituents is 2. The van der Waals surface area contributed by atoms with Crippen LogP contribution < -0.4 is 131 Å². The molecule has 0 saturated carbocycles. The van der Waals surface area contributed by atoms with Crippen molar-refractivity contribution in [2.75, 3.05) is 58.2 Å². The predicted octanol–water partition coefficient (Wildman–Crippen LogP) is -9.00. The SMILES string of the molecule is CC[C@H](C)[C@H](NC(=O)[C@@H](NC(=O)[C@@H]1C[C@@H](O)CN1C(=O)[C@@H](N)C(C)C)[C@@H](C)CC)C(=O)N[C@@H](Cc1ccc(O)cc1)C(=O)N[C@H](C(=O)N[C@@H](CC(N)=O)C(=O)N[C@@H](CCCNC(=N)N)C(=O)N[C@@H](CCN)C(=O)N[C@@H](CO)C(=O)N[C@H](CCN)C(=O)N[C@@H](CCCCN)C(=O)N[C@@H](CS)C(=O)N[C@@H](CCN)C(=O)N[C@@H](CCCNC(=N)N)C(=O)N[C@@H](Cc1ccc(O)cc1)C(=O)O)C(C)(C)S. The standard InChI is InChI=1S/C85H143N27O22S2/c1-9-43(5)64(110-79(130)65(44(6)10-2)109-77(128)61-37-49(116)39-112(61)81(132)63(91)42(3)4)78(129)104-56(35-45-18-22-47(114)23-19-45)74(125)111-66(85(7,8)136)80(131)105-57(38-62(90)117)73(124)100-51(16-13-33-96-83(92)93)67(118)101-55(28-32-89)72(123)107-59(40-113)75(126)102-53(26-30-87)70(121)98-50(15-11-12-29-86)69(120)108-60(41-135)76(127)103-54(27-31-88)71(122)99-52(17-14-34-97-84(94)95)68(119)106-58(82(133)134)36-46-20-24-48(115)25-21-46/h18-25,42-44,49-61,63-66,113-116,135-136H,9-17,26-41,86-89,91H2,1-8H3,(H2,90,117)(H,98,121)(H,99,122)(H,100,124)(H,101,118)(H,102,126)(H,103,127)(H,104,129)(H,105,131)(H,106,119)(H,107,123)(H,108,120)(H,109,128)(H,110,130)(H,111,125)(H,133,134)(H4,92,93,96)(H4,94,95,97)/t43-,44-,49+,50-,51-,52-,53+,54-,55-,56-,57-,58-,59-,60-,61-,63-,64-,65-,66+/m0/s1. The average Bonchev–Trinajstić information content (AvgIpc) is 1.67. The number of nitrogens with one attached hydrogen (secondary N) is 18. The highest BCUT2D eigenvalue weighted by Gasteiger charge is 2.46. The van der Waals surface area contributed by atoms with E-state index in [2.05, 4.69) is 110 Å². The lowest BCUT2D eigenvalue weighted by molar-refractivity contribution is -0.142. The number of benzene rings is 2. The molecule has 1 aliphatic rings. The molecule has 1 fully saturated rings. The van der Waals surface area contributed by atoms with E-state index in [0.717, 1.165) is 0 Å². The van der Waals surface area contributed by atoms with Gasteiger partial charge in [-0.1, -0.05) is 78.6 Å². The number of carboxylic acids is 1. The highest BCUT2D eigenvalue weighted by atomic mass is 32.1. The van der Waals surface area contributed by atoms with E-state index in [1.165, 1.54) is 67.3 Å². The Hall–Kier alpha value is -12.0. The summed E-state index contributed by atoms with van der Waals surface area (Å²) in [6.07, 6.45) is -3.32. The number of β-amino-alcohol motifs (C(OH)–C–C–N with tert-alkyl or cyclic N) is 1. The second-order valence-electron chi connectivity index (χ2n) is 34.3. The third-order valence-corrected chi connectivity index (χ3v) is 23.1. The van der Waals surface area contributed by atoms with Gasteiger partial charge in [0, 0.05) is 49.4 Å². The first-order valence-electron chi connectivity index (χ1n) is 45.0. The van der Waals surface area contributed by atoms with E-state index in [-0.39, 0.29) is 140 Å². The van der Waals surface area contributed by atoms with Gasteiger partial charge in [-0.05, 0) is 157 Å². The van der Waals surface area contributed by atoms with E-state index < -0.39 is 257 Å². The first kappa shape index (κ1) is 118. The molecule has 1 saturated heterocycles. The van der Waals surface area contributed by atoms with Crippen LogP contribution in [0.1, 0.15) is 156 Å². The van der Waals surface area contributed by atoms with E-state index in [1.54, 1.807) is 41.5 Å². The monoisotopic (exact) mass is 1960 g/mol. The Morgan fingerprint density at radius 3 is 1.18 bits per heavy atom. The van der Waals surface area contributed by atoms with Gasteiger partial charge in [0.2, 0.25) is 94.5 Å². The van der Waals surface area contributed by atoms with Crippen molar-refractivity contribution in [3.8, 4) is 11.5 Å². The van der Waals surface area contributed by atoms with Crippen molar-refractivity contribution in [1.82, 2.24) is 90.0 Å². The second kappa shape index (κ2) is 59.8. The summed E-state index contributed by atoms with van der Waals surface area (Å²) in [6.45, 7) is 10.8. The lowest BCUT2D eigenvalue weighted by atomic mass is 9.94. The van der Waals surface area contributed by atoms with Crippen molar-refractivity contribution in [3.63, 3.8) is 0 Å². The molecule has 39 N–H and O–H groups in total. The number of carbonyl (C=O) groups is 17. The van der Waals surface area contributed by atoms with Gasteiger partial charge in [-0.2, -0.15) is 25.3 Å². The minimum absolute atomic E-state index is 0.0436. The zero-order valence-corrected chi connectivity index (χ0v) is 79.8. The third kappa shape index (κ3) is 40.5. The van der Waals surface area contributed by atoms with E-state index in [1.807, 2.05) is 0 Å². The fraction of sp³-hybridized carbons (Fsp3) is 0.635. The van der Waals surface area contributed by atoms with Crippen molar-refractivity contribution >= 4 is 138 Å². The highest BCUT2D eigenvalue weighted by molar-refractivity contribution is 7.81. The molecule has 3 rings (SSSR count). The number of amides is 16. The molecule has 0 aromatic heterocycles. The maximum absolute atomic E-state index is 15.0. The summed E-state index contributed by atoms with van der Waals surface area (Å²) in [6, 6.07) is -13.9. The van der Waals surface area contributed by atoms with Gasteiger partial charge in [-0.3, -0.25) is 87.5 Å². The molecular formula is C85H143N27O22S2. The number of rotatable bonds is 62. The largest absolute Gasteiger partial charge is 0.508 e. The molecule has 0 radical (unpaired) electrons. The maximum Gasteiger partial charge on any atom is 0.326 e. The molecule has 762 valence electrons. The number of carbonyl (C=O) groups excluding carboxylic acids is 16. The maximum atomic E-state index is 15.0. The molecule has 0 aliphatic carbocycles. The minimum Gasteiger partial charge on any atom is -0.508 e. The number of phenols is 2. The van der Waals surface area contributed by atoms with Gasteiger partial charge in [0.25, 0.3) is 0 Å². The van der Waals surface area contributed by atoms with Crippen LogP contribution in [0.25, 0.3) is 0 Å². The number of nitrogens with two attached hydrogens (primary N) is 8. The number of unbranched alkanes of at least 4 members (excludes halogenated alkanes) is 1. The molecule has 49 nitrogen and oxygen atoms in total. The molecule has 16 amide bonds. The Balaban J connectivity index is 1.92. The Labute approximate surface area is 800 Å². The van der Waals surface area contributed by atoms with Crippen LogP contribution in [0.3, 0.4) is 0 Å². The predicted molar refractivity (Wildman–Crippen MR) is 506 cm³/mol. The van der Waals surface area contributed by atoms with Crippen LogP contribution in [0.15, 0.2) is 48.5 Å². The summed E-state index contributed by atoms with van der Waals surface area (Å²) < 4.78 is -1.61. The van der Waals surface area contributed by atoms with Gasteiger partial charge in [0.15, 0.2) is 11.9 Å². The Morgan fingerprint density at radius 2 is 0.801 bits per heavy atom. The molecule has 0 unspecified atom stereocenters. The minimum atomic E-state index is -1.98. The first-order chi connectivity index (χ1) is 64.0. The molecule has 2 aromatic rings. The van der Waals surface area contributed by atoms with Gasteiger partial charge in [-0.25, -0.2) is 4.79 Å². The molecule has 136 heavy (non-hydrogen) atoms. The van der Waals surface area contributed by atoms with Crippen molar-refractivity contribution < 1.29 is 107 Å². The van der Waals surface area contributed by atoms with Crippen LogP contribution in [-0.4, -0.2) is 309 Å². The number of guanidine groups is 2. The van der Waals surface area contributed by atoms with Crippen LogP contribution in [0.5, 0.6) is 11.5 Å². The normalized spacial score (nSPS) is 16.7. The van der Waals surface area contributed by atoms with Crippen molar-refractivity contribution in [2.45, 2.75) is 266 Å². The summed E-state index contributed by atoms with van der Waals surface area (Å²) in [7, 11) is 0. The lowest BCUT2D eigenvalue weighted by Gasteiger charge is -2.33. The first-order valence-corrected chi connectivity index (χ1v) is 46.1. The molecule has 0 spiro atoms. The number of aliphatic hydroxyl groups is 2. The molecule has 51 heteroatoms. The molecule has 0 bridgehead atoms. The quantitative estimate of drug-likeness (QED) is 0.0127. The number of likely N-dealkylation sites (tertiary alicyclic amines) is 1. The summed E-state index contributed by atoms with van der Waals surface area (Å²) in [5, 5.41) is 107. The fourth-order valence-corrected chi connectivity index (χ4v) is 14.5. The molecule has 1 aliphatic heterocycles. The summed E-state index contributed by atoms with van der Waals surface area (Å²) >= 11 is 8.90. The Bertz CT molecular complexity index is 4350. The van der Waals surface area contributed by atoms with Crippen LogP contribution >= 0.6 is 25.3 Å². The number of carboxylic acid groups (broad SMARTS) is 1. The van der Waals surface area contributed by atoms with E-state index in [0.29, 0.717) is 24.0 Å². The molecule has 2 aromatic carbocycles. The number of hydrogen-bond acceptors (Lipinski definition) is 30. The molecular weight excluding hydrogens is 1820 g/mol. The van der Waals surface area contributed by atoms with E-state index >= 15 is 0 Å². The molecule has 1 heterocycles. The molecule has 19 atom stereocenters. The summed E-state index contributed by atoms with van der Waals surface area (Å²) in [4.78, 5) is 241. The topological polar surface area (TPSA) is 843 Å². The van der Waals surface area contributed by atoms with Gasteiger partial charge in [0.1, 0.15) is 102 Å². The highest BCUT2D eigenvalue weighted by Crippen LogP contribution is 2.25. The van der Waals surface area contributed by atoms with Gasteiger partial charge in [-0.15, -0.1) is 0 Å². The summed E-state index contributed by atoms with van der Waals surface area (Å²) in [5.74, 6) is -20.9. The smallest absolute Gasteiger partial charge is 0.326 e. The average molecular weight is 1960 g/mol. The van der Waals surface area contributed by atoms with Crippen molar-refractivity contribution in [2.24, 2.45) is 63.6 Å². The zero-order valence-electron chi connectivity index (χ0n) is 78.0. The number of nitrogens with zero attached hydrogens (tertiary/aromatic N) is 1. The van der Waals surface area contributed by atoms with E-state index in [9.17, 15) is 107 Å². The van der Waals surface area contributed by atoms with Crippen molar-refractivity contribution in [1.29, 1.82) is 10.8 Å². The number of aliphatic hydroxyl groups excluding tert-OH is 2. The van der Waals surface area contributed by atoms with Crippen molar-refractivity contribution in [3.05, 3.63) is 59.7 Å². The summed E-state index contributed by atoms with van der Waals surface area (Å²) in [5.41, 5.74) is 47.1. The number of hydrogen-bond donors (Lipinski definition) is 33. The van der Waals surface area contributed by atoms with Crippen LogP contribution in [0.4, 0.5) is 0 Å². The van der Waals surface area contributed by atoms with Gasteiger partial charge >= 0.3 is 5.97 Å². The fourth-order valence-electron chi connectivity index (χ4n) is 14.1. The van der Waals surface area contributed by atoms with E-state index in [4.69, 9.17) is 56.7 Å². The van der Waals surface area contributed by atoms with Gasteiger partial charge < -0.3 is 161 Å². The Morgan fingerprint density at radius 1 is 0.456 bits per heavy atom. The van der Waals surface area contributed by atoms with Crippen LogP contribution in [-0.2, 0) is 94.3 Å². The van der Waals surface area contributed by atoms with Crippen LogP contribution in [0, 0.1) is 28.6 Å². The Kier molecular flexibility index (Phi) is 51.9. The number of thiol groups is 2. The number of primary amides is 1. The number of aromatic hydroxyl groups is 2. The number of aliphatic carboxylic acids is 1.